The van der Waals surface area contributed by atoms with E-state index in [0.29, 0.717) is 13.0 Å². The monoisotopic (exact) mass is 242 g/mol. The van der Waals surface area contributed by atoms with Gasteiger partial charge in [0.25, 0.3) is 0 Å². The molecule has 0 radical (unpaired) electrons. The Labute approximate surface area is 97.5 Å². The quantitative estimate of drug-likeness (QED) is 0.812. The summed E-state index contributed by atoms with van der Waals surface area (Å²) in [5.41, 5.74) is 0.0650. The molecule has 6 heteroatoms. The standard InChI is InChI=1S/C10H14N2O3S/c1-6(2)9(13)11-4-3-8-12-7(5-16-8)10(14)15/h5-6H,3-4H2,1-2H3,(H,11,13)(H,14,15). The topological polar surface area (TPSA) is 79.3 Å². The zero-order valence-electron chi connectivity index (χ0n) is 9.19. The molecule has 0 spiro atoms. The maximum atomic E-state index is 11.2. The van der Waals surface area contributed by atoms with E-state index in [0.717, 1.165) is 5.01 Å². The summed E-state index contributed by atoms with van der Waals surface area (Å²) in [6.07, 6.45) is 0.566. The number of hydrogen-bond acceptors (Lipinski definition) is 4. The van der Waals surface area contributed by atoms with Crippen molar-refractivity contribution in [1.29, 1.82) is 0 Å². The van der Waals surface area contributed by atoms with E-state index < -0.39 is 5.97 Å². The van der Waals surface area contributed by atoms with Crippen molar-refractivity contribution in [2.45, 2.75) is 20.3 Å². The molecule has 0 aliphatic rings. The molecule has 0 aromatic carbocycles. The number of nitrogens with one attached hydrogen (secondary N) is 1. The predicted molar refractivity (Wildman–Crippen MR) is 60.6 cm³/mol. The Morgan fingerprint density at radius 2 is 2.25 bits per heavy atom. The molecule has 88 valence electrons. The first-order valence-corrected chi connectivity index (χ1v) is 5.84. The van der Waals surface area contributed by atoms with Crippen molar-refractivity contribution in [3.63, 3.8) is 0 Å². The van der Waals surface area contributed by atoms with E-state index in [9.17, 15) is 9.59 Å². The Balaban J connectivity index is 2.37. The summed E-state index contributed by atoms with van der Waals surface area (Å²) in [7, 11) is 0. The molecule has 2 N–H and O–H groups in total. The molecule has 1 rings (SSSR count). The second kappa shape index (κ2) is 5.60. The van der Waals surface area contributed by atoms with Crippen LogP contribution in [0.15, 0.2) is 5.38 Å². The van der Waals surface area contributed by atoms with E-state index in [1.165, 1.54) is 16.7 Å². The number of carbonyl (C=O) groups excluding carboxylic acids is 1. The molecular formula is C10H14N2O3S. The van der Waals surface area contributed by atoms with E-state index in [1.54, 1.807) is 0 Å². The average molecular weight is 242 g/mol. The molecule has 0 saturated heterocycles. The van der Waals surface area contributed by atoms with Crippen LogP contribution in [-0.2, 0) is 11.2 Å². The fourth-order valence-corrected chi connectivity index (χ4v) is 1.79. The second-order valence-electron chi connectivity index (χ2n) is 3.63. The van der Waals surface area contributed by atoms with Crippen molar-refractivity contribution in [3.05, 3.63) is 16.1 Å². The number of hydrogen-bond donors (Lipinski definition) is 2. The highest BCUT2D eigenvalue weighted by atomic mass is 32.1. The van der Waals surface area contributed by atoms with Crippen LogP contribution in [0.5, 0.6) is 0 Å². The maximum absolute atomic E-state index is 11.2. The van der Waals surface area contributed by atoms with Gasteiger partial charge in [-0.2, -0.15) is 0 Å². The van der Waals surface area contributed by atoms with Gasteiger partial charge in [0.15, 0.2) is 5.69 Å². The highest BCUT2D eigenvalue weighted by Crippen LogP contribution is 2.09. The normalized spacial score (nSPS) is 10.4. The molecule has 0 aliphatic heterocycles. The molecule has 0 unspecified atom stereocenters. The maximum Gasteiger partial charge on any atom is 0.355 e. The number of carboxylic acids is 1. The van der Waals surface area contributed by atoms with Crippen LogP contribution in [0.2, 0.25) is 0 Å². The van der Waals surface area contributed by atoms with Crippen LogP contribution >= 0.6 is 11.3 Å². The van der Waals surface area contributed by atoms with Crippen molar-refractivity contribution in [2.75, 3.05) is 6.54 Å². The number of rotatable bonds is 5. The van der Waals surface area contributed by atoms with Gasteiger partial charge in [-0.25, -0.2) is 9.78 Å². The van der Waals surface area contributed by atoms with E-state index in [-0.39, 0.29) is 17.5 Å². The molecule has 0 aliphatic carbocycles. The minimum atomic E-state index is -1.02. The number of carbonyl (C=O) groups is 2. The third kappa shape index (κ3) is 3.62. The molecule has 0 atom stereocenters. The first-order chi connectivity index (χ1) is 7.50. The number of nitrogens with zero attached hydrogens (tertiary/aromatic N) is 1. The molecule has 0 fully saturated rings. The van der Waals surface area contributed by atoms with Gasteiger partial charge in [0.2, 0.25) is 5.91 Å². The summed E-state index contributed by atoms with van der Waals surface area (Å²) in [6.45, 7) is 4.13. The van der Waals surface area contributed by atoms with Crippen molar-refractivity contribution in [3.8, 4) is 0 Å². The first-order valence-electron chi connectivity index (χ1n) is 4.96. The van der Waals surface area contributed by atoms with Crippen LogP contribution in [0.25, 0.3) is 0 Å². The molecule has 1 amide bonds. The summed E-state index contributed by atoms with van der Waals surface area (Å²) in [4.78, 5) is 25.7. The fraction of sp³-hybridized carbons (Fsp3) is 0.500. The van der Waals surface area contributed by atoms with Crippen LogP contribution < -0.4 is 5.32 Å². The van der Waals surface area contributed by atoms with E-state index in [4.69, 9.17) is 5.11 Å². The van der Waals surface area contributed by atoms with Crippen LogP contribution in [0.1, 0.15) is 29.3 Å². The smallest absolute Gasteiger partial charge is 0.355 e. The SMILES string of the molecule is CC(C)C(=O)NCCc1nc(C(=O)O)cs1. The van der Waals surface area contributed by atoms with E-state index >= 15 is 0 Å². The van der Waals surface area contributed by atoms with Crippen molar-refractivity contribution < 1.29 is 14.7 Å². The van der Waals surface area contributed by atoms with Gasteiger partial charge < -0.3 is 10.4 Å². The molecule has 16 heavy (non-hydrogen) atoms. The minimum absolute atomic E-state index is 0.00462. The highest BCUT2D eigenvalue weighted by Gasteiger charge is 2.09. The summed E-state index contributed by atoms with van der Waals surface area (Å²) < 4.78 is 0. The Morgan fingerprint density at radius 3 is 2.75 bits per heavy atom. The Kier molecular flexibility index (Phi) is 4.42. The number of aromatic carboxylic acids is 1. The van der Waals surface area contributed by atoms with Crippen LogP contribution in [0.3, 0.4) is 0 Å². The lowest BCUT2D eigenvalue weighted by molar-refractivity contribution is -0.123. The number of carboxylic acid groups (broad SMARTS) is 1. The highest BCUT2D eigenvalue weighted by molar-refractivity contribution is 7.09. The second-order valence-corrected chi connectivity index (χ2v) is 4.57. The van der Waals surface area contributed by atoms with Gasteiger partial charge in [-0.1, -0.05) is 13.8 Å². The van der Waals surface area contributed by atoms with Crippen molar-refractivity contribution >= 4 is 23.2 Å². The van der Waals surface area contributed by atoms with Gasteiger partial charge in [-0.15, -0.1) is 11.3 Å². The van der Waals surface area contributed by atoms with Crippen LogP contribution in [0, 0.1) is 5.92 Å². The Bertz CT molecular complexity index is 387. The number of thiazole rings is 1. The van der Waals surface area contributed by atoms with Gasteiger partial charge in [-0.3, -0.25) is 4.79 Å². The van der Waals surface area contributed by atoms with Crippen molar-refractivity contribution in [2.24, 2.45) is 5.92 Å². The molecule has 0 bridgehead atoms. The molecule has 1 aromatic rings. The average Bonchev–Trinajstić information content (AvgIpc) is 2.66. The number of aromatic nitrogens is 1. The van der Waals surface area contributed by atoms with Gasteiger partial charge in [-0.05, 0) is 0 Å². The van der Waals surface area contributed by atoms with Crippen LogP contribution in [-0.4, -0.2) is 28.5 Å². The summed E-state index contributed by atoms with van der Waals surface area (Å²) in [6, 6.07) is 0. The summed E-state index contributed by atoms with van der Waals surface area (Å²) >= 11 is 1.29. The summed E-state index contributed by atoms with van der Waals surface area (Å²) in [5.74, 6) is -1.06. The van der Waals surface area contributed by atoms with Gasteiger partial charge in [0.1, 0.15) is 0 Å². The number of amides is 1. The lowest BCUT2D eigenvalue weighted by Crippen LogP contribution is -2.29. The molecule has 1 aromatic heterocycles. The van der Waals surface area contributed by atoms with Crippen molar-refractivity contribution in [1.82, 2.24) is 10.3 Å². The molecule has 1 heterocycles. The van der Waals surface area contributed by atoms with Gasteiger partial charge >= 0.3 is 5.97 Å². The predicted octanol–water partition coefficient (Wildman–Crippen LogP) is 1.16. The molecular weight excluding hydrogens is 228 g/mol. The minimum Gasteiger partial charge on any atom is -0.476 e. The lowest BCUT2D eigenvalue weighted by Gasteiger charge is -2.05. The largest absolute Gasteiger partial charge is 0.476 e. The van der Waals surface area contributed by atoms with Gasteiger partial charge in [0.05, 0.1) is 5.01 Å². The van der Waals surface area contributed by atoms with E-state index in [1.807, 2.05) is 13.8 Å². The fourth-order valence-electron chi connectivity index (χ4n) is 1.02. The van der Waals surface area contributed by atoms with Crippen LogP contribution in [0.4, 0.5) is 0 Å². The first kappa shape index (κ1) is 12.6. The summed E-state index contributed by atoms with van der Waals surface area (Å²) in [5, 5.41) is 13.6. The third-order valence-corrected chi connectivity index (χ3v) is 2.84. The van der Waals surface area contributed by atoms with Gasteiger partial charge in [0, 0.05) is 24.3 Å². The molecule has 0 saturated carbocycles. The Morgan fingerprint density at radius 1 is 1.56 bits per heavy atom. The van der Waals surface area contributed by atoms with E-state index in [2.05, 4.69) is 10.3 Å². The lowest BCUT2D eigenvalue weighted by atomic mass is 10.2. The zero-order chi connectivity index (χ0) is 12.1. The third-order valence-electron chi connectivity index (χ3n) is 1.93. The Hall–Kier alpha value is -1.43. The molecule has 5 nitrogen and oxygen atoms in total. The zero-order valence-corrected chi connectivity index (χ0v) is 10.0.